The number of pyridine rings is 1. The largest absolute Gasteiger partial charge is 0.322 e. The highest BCUT2D eigenvalue weighted by molar-refractivity contribution is 9.10. The Morgan fingerprint density at radius 3 is 2.75 bits per heavy atom. The first-order valence-electron chi connectivity index (χ1n) is 5.35. The lowest BCUT2D eigenvalue weighted by atomic mass is 10.2. The van der Waals surface area contributed by atoms with Crippen molar-refractivity contribution >= 4 is 44.8 Å². The van der Waals surface area contributed by atoms with Gasteiger partial charge in [-0.3, -0.25) is 14.9 Å². The monoisotopic (exact) mass is 355 g/mol. The highest BCUT2D eigenvalue weighted by Crippen LogP contribution is 2.27. The van der Waals surface area contributed by atoms with Crippen LogP contribution in [0.15, 0.2) is 41.1 Å². The SMILES string of the molecule is O=C(Nc1ccc([N+](=O)[O-])c(Cl)c1)c1cccnc1Br. The number of nitrogens with zero attached hydrogens (tertiary/aromatic N) is 2. The molecule has 0 bridgehead atoms. The predicted octanol–water partition coefficient (Wildman–Crippen LogP) is 3.66. The molecular weight excluding hydrogens is 350 g/mol. The number of hydrogen-bond donors (Lipinski definition) is 1. The summed E-state index contributed by atoms with van der Waals surface area (Å²) in [6, 6.07) is 7.19. The van der Waals surface area contributed by atoms with E-state index in [0.29, 0.717) is 15.9 Å². The van der Waals surface area contributed by atoms with Crippen LogP contribution in [-0.2, 0) is 0 Å². The molecule has 1 aromatic carbocycles. The Labute approximate surface area is 127 Å². The van der Waals surface area contributed by atoms with Gasteiger partial charge >= 0.3 is 0 Å². The maximum absolute atomic E-state index is 12.0. The number of halogens is 2. The van der Waals surface area contributed by atoms with E-state index in [1.807, 2.05) is 0 Å². The van der Waals surface area contributed by atoms with Crippen molar-refractivity contribution < 1.29 is 9.72 Å². The molecule has 6 nitrogen and oxygen atoms in total. The summed E-state index contributed by atoms with van der Waals surface area (Å²) in [6.07, 6.45) is 1.55. The van der Waals surface area contributed by atoms with E-state index in [1.165, 1.54) is 18.2 Å². The second-order valence-corrected chi connectivity index (χ2v) is 4.88. The van der Waals surface area contributed by atoms with Crippen LogP contribution in [0.1, 0.15) is 10.4 Å². The van der Waals surface area contributed by atoms with Crippen molar-refractivity contribution in [2.75, 3.05) is 5.32 Å². The minimum absolute atomic E-state index is 0.0435. The van der Waals surface area contributed by atoms with Crippen molar-refractivity contribution in [3.63, 3.8) is 0 Å². The van der Waals surface area contributed by atoms with E-state index in [2.05, 4.69) is 26.2 Å². The first-order valence-corrected chi connectivity index (χ1v) is 6.52. The van der Waals surface area contributed by atoms with Crippen LogP contribution in [0.25, 0.3) is 0 Å². The summed E-state index contributed by atoms with van der Waals surface area (Å²) in [5.74, 6) is -0.394. The maximum atomic E-state index is 12.0. The fourth-order valence-electron chi connectivity index (χ4n) is 1.49. The van der Waals surface area contributed by atoms with Crippen molar-refractivity contribution in [1.82, 2.24) is 4.98 Å². The van der Waals surface area contributed by atoms with Gasteiger partial charge in [0.25, 0.3) is 11.6 Å². The van der Waals surface area contributed by atoms with Gasteiger partial charge in [-0.2, -0.15) is 0 Å². The van der Waals surface area contributed by atoms with E-state index < -0.39 is 10.8 Å². The topological polar surface area (TPSA) is 85.1 Å². The number of carbonyl (C=O) groups excluding carboxylic acids is 1. The number of nitrogens with one attached hydrogen (secondary N) is 1. The molecule has 0 unspecified atom stereocenters. The fourth-order valence-corrected chi connectivity index (χ4v) is 2.17. The molecule has 2 rings (SSSR count). The number of aromatic nitrogens is 1. The standard InChI is InChI=1S/C12H7BrClN3O3/c13-11-8(2-1-5-15-11)12(18)16-7-3-4-10(17(19)20)9(14)6-7/h1-6H,(H,16,18). The van der Waals surface area contributed by atoms with Gasteiger partial charge in [-0.15, -0.1) is 0 Å². The lowest BCUT2D eigenvalue weighted by Gasteiger charge is -2.06. The Hall–Kier alpha value is -1.99. The number of rotatable bonds is 3. The van der Waals surface area contributed by atoms with Crippen LogP contribution in [0.2, 0.25) is 5.02 Å². The number of carbonyl (C=O) groups is 1. The molecular formula is C12H7BrClN3O3. The van der Waals surface area contributed by atoms with E-state index in [0.717, 1.165) is 0 Å². The Bertz CT molecular complexity index is 693. The van der Waals surface area contributed by atoms with Gasteiger partial charge < -0.3 is 5.32 Å². The number of anilines is 1. The molecule has 0 spiro atoms. The highest BCUT2D eigenvalue weighted by atomic mass is 79.9. The zero-order valence-electron chi connectivity index (χ0n) is 9.84. The minimum Gasteiger partial charge on any atom is -0.322 e. The third-order valence-electron chi connectivity index (χ3n) is 2.41. The Balaban J connectivity index is 2.23. The molecule has 1 amide bonds. The number of hydrogen-bond acceptors (Lipinski definition) is 4. The molecule has 2 aromatic rings. The van der Waals surface area contributed by atoms with Crippen LogP contribution in [0, 0.1) is 10.1 Å². The number of nitro groups is 1. The fraction of sp³-hybridized carbons (Fsp3) is 0. The van der Waals surface area contributed by atoms with Gasteiger partial charge in [0.2, 0.25) is 0 Å². The van der Waals surface area contributed by atoms with Gasteiger partial charge in [0.15, 0.2) is 0 Å². The molecule has 0 aliphatic carbocycles. The summed E-state index contributed by atoms with van der Waals surface area (Å²) >= 11 is 8.94. The zero-order valence-corrected chi connectivity index (χ0v) is 12.2. The van der Waals surface area contributed by atoms with E-state index >= 15 is 0 Å². The molecule has 20 heavy (non-hydrogen) atoms. The molecule has 1 heterocycles. The maximum Gasteiger partial charge on any atom is 0.288 e. The van der Waals surface area contributed by atoms with Gasteiger partial charge in [-0.25, -0.2) is 4.98 Å². The second kappa shape index (κ2) is 5.98. The number of amides is 1. The first kappa shape index (κ1) is 14.4. The minimum atomic E-state index is -0.592. The van der Waals surface area contributed by atoms with Crippen LogP contribution in [0.4, 0.5) is 11.4 Å². The molecule has 1 N–H and O–H groups in total. The average Bonchev–Trinajstić information content (AvgIpc) is 2.38. The van der Waals surface area contributed by atoms with Crippen LogP contribution in [-0.4, -0.2) is 15.8 Å². The quantitative estimate of drug-likeness (QED) is 0.516. The summed E-state index contributed by atoms with van der Waals surface area (Å²) in [4.78, 5) is 26.0. The molecule has 0 saturated heterocycles. The van der Waals surface area contributed by atoms with E-state index in [-0.39, 0.29) is 10.7 Å². The molecule has 0 aliphatic heterocycles. The lowest BCUT2D eigenvalue weighted by molar-refractivity contribution is -0.384. The lowest BCUT2D eigenvalue weighted by Crippen LogP contribution is -2.13. The van der Waals surface area contributed by atoms with E-state index in [4.69, 9.17) is 11.6 Å². The molecule has 0 radical (unpaired) electrons. The average molecular weight is 357 g/mol. The highest BCUT2D eigenvalue weighted by Gasteiger charge is 2.15. The van der Waals surface area contributed by atoms with Gasteiger partial charge in [0, 0.05) is 18.0 Å². The summed E-state index contributed by atoms with van der Waals surface area (Å²) in [7, 11) is 0. The van der Waals surface area contributed by atoms with Crippen LogP contribution < -0.4 is 5.32 Å². The molecule has 102 valence electrons. The van der Waals surface area contributed by atoms with Crippen LogP contribution in [0.5, 0.6) is 0 Å². The molecule has 0 aliphatic rings. The van der Waals surface area contributed by atoms with Gasteiger partial charge in [0.05, 0.1) is 10.5 Å². The predicted molar refractivity (Wildman–Crippen MR) is 78.0 cm³/mol. The zero-order chi connectivity index (χ0) is 14.7. The van der Waals surface area contributed by atoms with Crippen molar-refractivity contribution in [2.24, 2.45) is 0 Å². The molecule has 0 fully saturated rings. The van der Waals surface area contributed by atoms with Crippen molar-refractivity contribution in [1.29, 1.82) is 0 Å². The molecule has 0 saturated carbocycles. The molecule has 1 aromatic heterocycles. The summed E-state index contributed by atoms with van der Waals surface area (Å²) in [5, 5.41) is 13.2. The van der Waals surface area contributed by atoms with E-state index in [1.54, 1.807) is 18.3 Å². The summed E-state index contributed by atoms with van der Waals surface area (Å²) < 4.78 is 0.408. The number of nitro benzene ring substituents is 1. The summed E-state index contributed by atoms with van der Waals surface area (Å²) in [5.41, 5.74) is 0.496. The van der Waals surface area contributed by atoms with Gasteiger partial charge in [-0.1, -0.05) is 11.6 Å². The Morgan fingerprint density at radius 1 is 1.40 bits per heavy atom. The van der Waals surface area contributed by atoms with Crippen LogP contribution in [0.3, 0.4) is 0 Å². The third-order valence-corrected chi connectivity index (χ3v) is 3.34. The van der Waals surface area contributed by atoms with Crippen molar-refractivity contribution in [3.8, 4) is 0 Å². The van der Waals surface area contributed by atoms with Gasteiger partial charge in [-0.05, 0) is 40.2 Å². The smallest absolute Gasteiger partial charge is 0.288 e. The molecule has 8 heteroatoms. The molecule has 0 atom stereocenters. The first-order chi connectivity index (χ1) is 9.49. The number of benzene rings is 1. The Kier molecular flexibility index (Phi) is 4.31. The Morgan fingerprint density at radius 2 is 2.15 bits per heavy atom. The van der Waals surface area contributed by atoms with Crippen molar-refractivity contribution in [2.45, 2.75) is 0 Å². The normalized spacial score (nSPS) is 10.1. The van der Waals surface area contributed by atoms with Crippen LogP contribution >= 0.6 is 27.5 Å². The van der Waals surface area contributed by atoms with Crippen molar-refractivity contribution in [3.05, 3.63) is 61.8 Å². The van der Waals surface area contributed by atoms with Gasteiger partial charge in [0.1, 0.15) is 9.63 Å². The summed E-state index contributed by atoms with van der Waals surface area (Å²) in [6.45, 7) is 0. The van der Waals surface area contributed by atoms with E-state index in [9.17, 15) is 14.9 Å². The third kappa shape index (κ3) is 3.12. The second-order valence-electron chi connectivity index (χ2n) is 3.72.